The highest BCUT2D eigenvalue weighted by Gasteiger charge is 2.42. The number of para-hydroxylation sites is 1. The van der Waals surface area contributed by atoms with Gasteiger partial charge in [0.1, 0.15) is 12.1 Å². The van der Waals surface area contributed by atoms with Crippen LogP contribution < -0.4 is 4.90 Å². The molecule has 1 aromatic rings. The van der Waals surface area contributed by atoms with E-state index >= 15 is 0 Å². The number of benzene rings is 1. The quantitative estimate of drug-likeness (QED) is 0.691. The number of anilines is 1. The van der Waals surface area contributed by atoms with Gasteiger partial charge in [0.25, 0.3) is 0 Å². The summed E-state index contributed by atoms with van der Waals surface area (Å²) in [4.78, 5) is 13.2. The van der Waals surface area contributed by atoms with Gasteiger partial charge in [-0.1, -0.05) is 24.3 Å². The average Bonchev–Trinajstić information content (AvgIpc) is 2.57. The van der Waals surface area contributed by atoms with Gasteiger partial charge in [0.15, 0.2) is 0 Å². The van der Waals surface area contributed by atoms with Crippen molar-refractivity contribution in [2.24, 2.45) is 0 Å². The van der Waals surface area contributed by atoms with Gasteiger partial charge in [-0.2, -0.15) is 0 Å². The summed E-state index contributed by atoms with van der Waals surface area (Å²) in [7, 11) is 0. The fourth-order valence-corrected chi connectivity index (χ4v) is 1.67. The van der Waals surface area contributed by atoms with Crippen LogP contribution in [0.25, 0.3) is 0 Å². The second kappa shape index (κ2) is 3.42. The third-order valence-corrected chi connectivity index (χ3v) is 2.64. The molecule has 0 bridgehead atoms. The molecule has 15 heavy (non-hydrogen) atoms. The van der Waals surface area contributed by atoms with E-state index < -0.39 is 5.54 Å². The Morgan fingerprint density at radius 1 is 1.47 bits per heavy atom. The van der Waals surface area contributed by atoms with Crippen LogP contribution in [-0.2, 0) is 4.74 Å². The van der Waals surface area contributed by atoms with Gasteiger partial charge < -0.3 is 4.74 Å². The van der Waals surface area contributed by atoms with E-state index in [0.717, 1.165) is 5.69 Å². The lowest BCUT2D eigenvalue weighted by Crippen LogP contribution is -2.42. The summed E-state index contributed by atoms with van der Waals surface area (Å²) in [5, 5.41) is 0. The van der Waals surface area contributed by atoms with Crippen LogP contribution in [0.5, 0.6) is 0 Å². The standard InChI is InChI=1S/C12H13NO2/c1-3-12(2)9-15-11(14)13(12)10-7-5-4-6-8-10/h3-8H,1,9H2,2H3. The van der Waals surface area contributed by atoms with Crippen molar-refractivity contribution in [3.05, 3.63) is 43.0 Å². The summed E-state index contributed by atoms with van der Waals surface area (Å²) >= 11 is 0. The molecular weight excluding hydrogens is 190 g/mol. The fraction of sp³-hybridized carbons (Fsp3) is 0.250. The van der Waals surface area contributed by atoms with Crippen LogP contribution in [-0.4, -0.2) is 18.2 Å². The minimum absolute atomic E-state index is 0.316. The Kier molecular flexibility index (Phi) is 2.23. The van der Waals surface area contributed by atoms with Crippen molar-refractivity contribution in [2.45, 2.75) is 12.5 Å². The Hall–Kier alpha value is -1.77. The molecule has 0 aliphatic carbocycles. The number of carbonyl (C=O) groups is 1. The molecule has 1 aliphatic heterocycles. The number of ether oxygens (including phenoxy) is 1. The molecule has 1 heterocycles. The Morgan fingerprint density at radius 2 is 2.13 bits per heavy atom. The monoisotopic (exact) mass is 203 g/mol. The lowest BCUT2D eigenvalue weighted by Gasteiger charge is -2.28. The summed E-state index contributed by atoms with van der Waals surface area (Å²) < 4.78 is 5.04. The van der Waals surface area contributed by atoms with E-state index in [2.05, 4.69) is 6.58 Å². The maximum Gasteiger partial charge on any atom is 0.415 e. The molecule has 0 saturated carbocycles. The van der Waals surface area contributed by atoms with Crippen molar-refractivity contribution in [1.29, 1.82) is 0 Å². The van der Waals surface area contributed by atoms with Gasteiger partial charge in [-0.25, -0.2) is 4.79 Å². The minimum Gasteiger partial charge on any atom is -0.446 e. The molecule has 1 aliphatic rings. The molecule has 1 fully saturated rings. The van der Waals surface area contributed by atoms with Crippen LogP contribution >= 0.6 is 0 Å². The third-order valence-electron chi connectivity index (χ3n) is 2.64. The van der Waals surface area contributed by atoms with Crippen molar-refractivity contribution in [3.8, 4) is 0 Å². The number of nitrogens with zero attached hydrogens (tertiary/aromatic N) is 1. The van der Waals surface area contributed by atoms with Gasteiger partial charge in [-0.15, -0.1) is 6.58 Å². The molecule has 1 saturated heterocycles. The summed E-state index contributed by atoms with van der Waals surface area (Å²) in [5.74, 6) is 0. The normalized spacial score (nSPS) is 25.1. The molecule has 3 heteroatoms. The molecule has 1 atom stereocenters. The Morgan fingerprint density at radius 3 is 2.73 bits per heavy atom. The fourth-order valence-electron chi connectivity index (χ4n) is 1.67. The zero-order valence-corrected chi connectivity index (χ0v) is 8.64. The highest BCUT2D eigenvalue weighted by atomic mass is 16.6. The molecular formula is C12H13NO2. The zero-order valence-electron chi connectivity index (χ0n) is 8.64. The first-order chi connectivity index (χ1) is 7.17. The Labute approximate surface area is 89.0 Å². The average molecular weight is 203 g/mol. The first-order valence-electron chi connectivity index (χ1n) is 4.83. The number of carbonyl (C=O) groups excluding carboxylic acids is 1. The lowest BCUT2D eigenvalue weighted by atomic mass is 10.0. The maximum absolute atomic E-state index is 11.6. The number of rotatable bonds is 2. The van der Waals surface area contributed by atoms with Crippen molar-refractivity contribution in [3.63, 3.8) is 0 Å². The minimum atomic E-state index is -0.446. The lowest BCUT2D eigenvalue weighted by molar-refractivity contribution is 0.176. The molecule has 1 unspecified atom stereocenters. The second-order valence-electron chi connectivity index (χ2n) is 3.79. The topological polar surface area (TPSA) is 29.5 Å². The van der Waals surface area contributed by atoms with Crippen molar-refractivity contribution < 1.29 is 9.53 Å². The van der Waals surface area contributed by atoms with E-state index in [9.17, 15) is 4.79 Å². The van der Waals surface area contributed by atoms with Gasteiger partial charge >= 0.3 is 6.09 Å². The first-order valence-corrected chi connectivity index (χ1v) is 4.83. The molecule has 78 valence electrons. The predicted molar refractivity (Wildman–Crippen MR) is 58.9 cm³/mol. The van der Waals surface area contributed by atoms with Crippen LogP contribution in [0, 0.1) is 0 Å². The first kappa shape index (κ1) is 9.77. The van der Waals surface area contributed by atoms with Gasteiger partial charge in [0.05, 0.1) is 0 Å². The van der Waals surface area contributed by atoms with Crippen molar-refractivity contribution in [2.75, 3.05) is 11.5 Å². The molecule has 3 nitrogen and oxygen atoms in total. The van der Waals surface area contributed by atoms with Crippen molar-refractivity contribution in [1.82, 2.24) is 0 Å². The maximum atomic E-state index is 11.6. The molecule has 0 spiro atoms. The van der Waals surface area contributed by atoms with Crippen LogP contribution in [0.15, 0.2) is 43.0 Å². The van der Waals surface area contributed by atoms with Gasteiger partial charge in [0.2, 0.25) is 0 Å². The van der Waals surface area contributed by atoms with E-state index in [0.29, 0.717) is 6.61 Å². The molecule has 1 aromatic carbocycles. The third kappa shape index (κ3) is 1.50. The van der Waals surface area contributed by atoms with Gasteiger partial charge in [-0.05, 0) is 19.1 Å². The van der Waals surface area contributed by atoms with Crippen LogP contribution in [0.4, 0.5) is 10.5 Å². The Bertz CT molecular complexity index is 388. The van der Waals surface area contributed by atoms with Crippen LogP contribution in [0.2, 0.25) is 0 Å². The van der Waals surface area contributed by atoms with E-state index in [1.165, 1.54) is 0 Å². The van der Waals surface area contributed by atoms with Crippen LogP contribution in [0.1, 0.15) is 6.92 Å². The predicted octanol–water partition coefficient (Wildman–Crippen LogP) is 2.59. The molecule has 0 N–H and O–H groups in total. The largest absolute Gasteiger partial charge is 0.446 e. The summed E-state index contributed by atoms with van der Waals surface area (Å²) in [6, 6.07) is 9.47. The number of hydrogen-bond acceptors (Lipinski definition) is 2. The van der Waals surface area contributed by atoms with E-state index in [1.54, 1.807) is 11.0 Å². The number of hydrogen-bond donors (Lipinski definition) is 0. The van der Waals surface area contributed by atoms with E-state index in [1.807, 2.05) is 37.3 Å². The smallest absolute Gasteiger partial charge is 0.415 e. The van der Waals surface area contributed by atoms with Crippen LogP contribution in [0.3, 0.4) is 0 Å². The number of amides is 1. The highest BCUT2D eigenvalue weighted by molar-refractivity contribution is 5.92. The van der Waals surface area contributed by atoms with Crippen molar-refractivity contribution >= 4 is 11.8 Å². The second-order valence-corrected chi connectivity index (χ2v) is 3.79. The molecule has 1 amide bonds. The molecule has 2 rings (SSSR count). The highest BCUT2D eigenvalue weighted by Crippen LogP contribution is 2.30. The van der Waals surface area contributed by atoms with E-state index in [-0.39, 0.29) is 6.09 Å². The summed E-state index contributed by atoms with van der Waals surface area (Å²) in [6.45, 7) is 6.03. The zero-order chi connectivity index (χ0) is 10.9. The molecule has 0 radical (unpaired) electrons. The summed E-state index contributed by atoms with van der Waals surface area (Å²) in [6.07, 6.45) is 1.42. The Balaban J connectivity index is 2.42. The summed E-state index contributed by atoms with van der Waals surface area (Å²) in [5.41, 5.74) is 0.390. The SMILES string of the molecule is C=CC1(C)COC(=O)N1c1ccccc1. The van der Waals surface area contributed by atoms with E-state index in [4.69, 9.17) is 4.74 Å². The van der Waals surface area contributed by atoms with Gasteiger partial charge in [0, 0.05) is 5.69 Å². The van der Waals surface area contributed by atoms with Gasteiger partial charge in [-0.3, -0.25) is 4.90 Å². The molecule has 0 aromatic heterocycles. The number of cyclic esters (lactones) is 1.